The molecule has 0 spiro atoms. The van der Waals surface area contributed by atoms with Crippen molar-refractivity contribution in [3.05, 3.63) is 0 Å². The predicted octanol–water partition coefficient (Wildman–Crippen LogP) is 2.51. The van der Waals surface area contributed by atoms with E-state index in [-0.39, 0.29) is 5.92 Å². The van der Waals surface area contributed by atoms with Gasteiger partial charge in [0, 0.05) is 0 Å². The van der Waals surface area contributed by atoms with Gasteiger partial charge in [0.15, 0.2) is 0 Å². The first-order valence-electron chi connectivity index (χ1n) is 6.01. The molecular weight excluding hydrogens is 190 g/mol. The summed E-state index contributed by atoms with van der Waals surface area (Å²) in [6.07, 6.45) is 3.65. The lowest BCUT2D eigenvalue weighted by Crippen LogP contribution is -2.25. The van der Waals surface area contributed by atoms with Crippen LogP contribution in [0.3, 0.4) is 0 Å². The minimum Gasteiger partial charge on any atom is -0.481 e. The first-order valence-corrected chi connectivity index (χ1v) is 6.01. The van der Waals surface area contributed by atoms with Crippen molar-refractivity contribution in [2.45, 2.75) is 46.5 Å². The number of rotatable bonds is 9. The molecule has 0 saturated heterocycles. The number of nitrogens with one attached hydrogen (secondary N) is 1. The highest BCUT2D eigenvalue weighted by atomic mass is 16.4. The largest absolute Gasteiger partial charge is 0.481 e. The zero-order chi connectivity index (χ0) is 11.7. The molecule has 2 N–H and O–H groups in total. The summed E-state index contributed by atoms with van der Waals surface area (Å²) < 4.78 is 0. The lowest BCUT2D eigenvalue weighted by molar-refractivity contribution is -0.142. The second-order valence-corrected chi connectivity index (χ2v) is 4.56. The zero-order valence-electron chi connectivity index (χ0n) is 10.3. The van der Waals surface area contributed by atoms with Crippen molar-refractivity contribution < 1.29 is 9.90 Å². The molecule has 15 heavy (non-hydrogen) atoms. The van der Waals surface area contributed by atoms with Crippen molar-refractivity contribution >= 4 is 5.97 Å². The van der Waals surface area contributed by atoms with Gasteiger partial charge in [-0.2, -0.15) is 0 Å². The van der Waals surface area contributed by atoms with Crippen LogP contribution in [0.15, 0.2) is 0 Å². The van der Waals surface area contributed by atoms with E-state index in [0.717, 1.165) is 38.8 Å². The van der Waals surface area contributed by atoms with Crippen molar-refractivity contribution in [1.82, 2.24) is 5.32 Å². The highest BCUT2D eigenvalue weighted by Crippen LogP contribution is 2.12. The van der Waals surface area contributed by atoms with Crippen LogP contribution in [-0.4, -0.2) is 24.2 Å². The summed E-state index contributed by atoms with van der Waals surface area (Å²) in [5.74, 6) is -0.177. The molecule has 0 aliphatic heterocycles. The second-order valence-electron chi connectivity index (χ2n) is 4.56. The highest BCUT2D eigenvalue weighted by molar-refractivity contribution is 5.69. The van der Waals surface area contributed by atoms with E-state index >= 15 is 0 Å². The van der Waals surface area contributed by atoms with Crippen LogP contribution in [0.5, 0.6) is 0 Å². The van der Waals surface area contributed by atoms with Gasteiger partial charge in [-0.25, -0.2) is 0 Å². The normalized spacial score (nSPS) is 13.1. The maximum absolute atomic E-state index is 10.9. The Kier molecular flexibility index (Phi) is 8.38. The smallest absolute Gasteiger partial charge is 0.306 e. The topological polar surface area (TPSA) is 49.3 Å². The highest BCUT2D eigenvalue weighted by Gasteiger charge is 2.15. The molecule has 0 fully saturated rings. The Labute approximate surface area is 93.3 Å². The van der Waals surface area contributed by atoms with Crippen LogP contribution in [0.1, 0.15) is 46.5 Å². The zero-order valence-corrected chi connectivity index (χ0v) is 10.3. The monoisotopic (exact) mass is 215 g/mol. The minimum absolute atomic E-state index is 0.162. The molecule has 0 amide bonds. The fraction of sp³-hybridized carbons (Fsp3) is 0.917. The fourth-order valence-electron chi connectivity index (χ4n) is 1.51. The average molecular weight is 215 g/mol. The van der Waals surface area contributed by atoms with Crippen LogP contribution in [0, 0.1) is 11.8 Å². The Balaban J connectivity index is 3.62. The van der Waals surface area contributed by atoms with Gasteiger partial charge in [0.2, 0.25) is 0 Å². The number of aliphatic carboxylic acids is 1. The SMILES string of the molecule is CCCCC(CCNCC(C)C)C(=O)O. The van der Waals surface area contributed by atoms with Gasteiger partial charge in [-0.3, -0.25) is 4.79 Å². The third kappa shape index (κ3) is 8.43. The van der Waals surface area contributed by atoms with Crippen molar-refractivity contribution in [3.63, 3.8) is 0 Å². The maximum atomic E-state index is 10.9. The molecule has 3 heteroatoms. The van der Waals surface area contributed by atoms with E-state index < -0.39 is 5.97 Å². The molecule has 0 aromatic rings. The second kappa shape index (κ2) is 8.72. The number of hydrogen-bond donors (Lipinski definition) is 2. The van der Waals surface area contributed by atoms with Gasteiger partial charge >= 0.3 is 5.97 Å². The average Bonchev–Trinajstić information content (AvgIpc) is 2.15. The minimum atomic E-state index is -0.644. The van der Waals surface area contributed by atoms with Crippen LogP contribution in [0.2, 0.25) is 0 Å². The van der Waals surface area contributed by atoms with E-state index in [1.165, 1.54) is 0 Å². The molecule has 0 rings (SSSR count). The number of carboxylic acids is 1. The lowest BCUT2D eigenvalue weighted by atomic mass is 9.99. The van der Waals surface area contributed by atoms with Gasteiger partial charge in [-0.15, -0.1) is 0 Å². The molecule has 0 heterocycles. The van der Waals surface area contributed by atoms with Gasteiger partial charge in [0.1, 0.15) is 0 Å². The first kappa shape index (κ1) is 14.4. The van der Waals surface area contributed by atoms with Crippen LogP contribution < -0.4 is 5.32 Å². The molecule has 0 aliphatic rings. The third-order valence-corrected chi connectivity index (χ3v) is 2.48. The Bertz CT molecular complexity index is 169. The Morgan fingerprint density at radius 2 is 2.00 bits per heavy atom. The van der Waals surface area contributed by atoms with Gasteiger partial charge in [0.05, 0.1) is 5.92 Å². The van der Waals surface area contributed by atoms with E-state index in [0.29, 0.717) is 5.92 Å². The molecule has 0 saturated carbocycles. The van der Waals surface area contributed by atoms with Crippen LogP contribution in [0.25, 0.3) is 0 Å². The molecular formula is C12H25NO2. The van der Waals surface area contributed by atoms with Crippen molar-refractivity contribution in [2.75, 3.05) is 13.1 Å². The molecule has 1 unspecified atom stereocenters. The third-order valence-electron chi connectivity index (χ3n) is 2.48. The maximum Gasteiger partial charge on any atom is 0.306 e. The Hall–Kier alpha value is -0.570. The van der Waals surface area contributed by atoms with E-state index in [1.807, 2.05) is 0 Å². The molecule has 0 bridgehead atoms. The van der Waals surface area contributed by atoms with Gasteiger partial charge < -0.3 is 10.4 Å². The van der Waals surface area contributed by atoms with Crippen LogP contribution >= 0.6 is 0 Å². The van der Waals surface area contributed by atoms with Crippen molar-refractivity contribution in [3.8, 4) is 0 Å². The lowest BCUT2D eigenvalue weighted by Gasteiger charge is -2.13. The van der Waals surface area contributed by atoms with E-state index in [1.54, 1.807) is 0 Å². The van der Waals surface area contributed by atoms with E-state index in [2.05, 4.69) is 26.1 Å². The van der Waals surface area contributed by atoms with Crippen molar-refractivity contribution in [1.29, 1.82) is 0 Å². The number of hydrogen-bond acceptors (Lipinski definition) is 2. The first-order chi connectivity index (χ1) is 7.07. The summed E-state index contributed by atoms with van der Waals surface area (Å²) in [5.41, 5.74) is 0. The van der Waals surface area contributed by atoms with Gasteiger partial charge in [-0.05, 0) is 31.8 Å². The fourth-order valence-corrected chi connectivity index (χ4v) is 1.51. The molecule has 0 aromatic carbocycles. The molecule has 0 radical (unpaired) electrons. The summed E-state index contributed by atoms with van der Waals surface area (Å²) in [4.78, 5) is 10.9. The standard InChI is InChI=1S/C12H25NO2/c1-4-5-6-11(12(14)15)7-8-13-9-10(2)3/h10-11,13H,4-9H2,1-3H3,(H,14,15). The number of carboxylic acid groups (broad SMARTS) is 1. The molecule has 0 aromatic heterocycles. The Morgan fingerprint density at radius 3 is 2.47 bits per heavy atom. The van der Waals surface area contributed by atoms with Crippen LogP contribution in [-0.2, 0) is 4.79 Å². The Morgan fingerprint density at radius 1 is 1.33 bits per heavy atom. The summed E-state index contributed by atoms with van der Waals surface area (Å²) in [5, 5.41) is 12.3. The number of carbonyl (C=O) groups is 1. The molecule has 1 atom stereocenters. The van der Waals surface area contributed by atoms with E-state index in [4.69, 9.17) is 5.11 Å². The summed E-state index contributed by atoms with van der Waals surface area (Å²) in [6, 6.07) is 0. The molecule has 90 valence electrons. The summed E-state index contributed by atoms with van der Waals surface area (Å²) in [6.45, 7) is 8.19. The van der Waals surface area contributed by atoms with Crippen LogP contribution in [0.4, 0.5) is 0 Å². The summed E-state index contributed by atoms with van der Waals surface area (Å²) >= 11 is 0. The predicted molar refractivity (Wildman–Crippen MR) is 63.0 cm³/mol. The van der Waals surface area contributed by atoms with Gasteiger partial charge in [-0.1, -0.05) is 33.6 Å². The molecule has 0 aliphatic carbocycles. The number of unbranched alkanes of at least 4 members (excludes halogenated alkanes) is 1. The van der Waals surface area contributed by atoms with Gasteiger partial charge in [0.25, 0.3) is 0 Å². The van der Waals surface area contributed by atoms with Crippen molar-refractivity contribution in [2.24, 2.45) is 11.8 Å². The molecule has 3 nitrogen and oxygen atoms in total. The quantitative estimate of drug-likeness (QED) is 0.581. The summed E-state index contributed by atoms with van der Waals surface area (Å²) in [7, 11) is 0. The van der Waals surface area contributed by atoms with E-state index in [9.17, 15) is 4.79 Å².